The molecule has 1 aliphatic rings. The fourth-order valence-corrected chi connectivity index (χ4v) is 3.98. The summed E-state index contributed by atoms with van der Waals surface area (Å²) in [6.07, 6.45) is -1.07. The number of aliphatic hydroxyl groups is 1. The zero-order valence-corrected chi connectivity index (χ0v) is 16.4. The molecular formula is C21H19F3N4O2. The predicted molar refractivity (Wildman–Crippen MR) is 103 cm³/mol. The fraction of sp³-hybridized carbons (Fsp3) is 0.381. The maximum Gasteiger partial charge on any atom is 0.417 e. The van der Waals surface area contributed by atoms with Crippen LogP contribution in [0.4, 0.5) is 13.2 Å². The van der Waals surface area contributed by atoms with E-state index in [2.05, 4.69) is 5.10 Å². The van der Waals surface area contributed by atoms with Gasteiger partial charge in [-0.25, -0.2) is 0 Å². The number of aryl methyl sites for hydroxylation is 1. The fourth-order valence-electron chi connectivity index (χ4n) is 3.98. The van der Waals surface area contributed by atoms with Gasteiger partial charge in [-0.3, -0.25) is 9.48 Å². The molecule has 6 nitrogen and oxygen atoms in total. The molecule has 0 saturated heterocycles. The van der Waals surface area contributed by atoms with Crippen LogP contribution in [0.1, 0.15) is 54.6 Å². The Bertz CT molecular complexity index is 1250. The van der Waals surface area contributed by atoms with E-state index >= 15 is 0 Å². The zero-order valence-electron chi connectivity index (χ0n) is 16.4. The van der Waals surface area contributed by atoms with Crippen molar-refractivity contribution < 1.29 is 18.3 Å². The maximum absolute atomic E-state index is 13.2. The topological polar surface area (TPSA) is 83.8 Å². The molecule has 30 heavy (non-hydrogen) atoms. The van der Waals surface area contributed by atoms with Crippen molar-refractivity contribution in [2.75, 3.05) is 0 Å². The highest BCUT2D eigenvalue weighted by atomic mass is 19.4. The van der Waals surface area contributed by atoms with Crippen LogP contribution in [-0.2, 0) is 18.8 Å². The second kappa shape index (κ2) is 6.71. The minimum absolute atomic E-state index is 0.101. The van der Waals surface area contributed by atoms with E-state index in [0.717, 1.165) is 31.0 Å². The summed E-state index contributed by atoms with van der Waals surface area (Å²) in [7, 11) is 1.58. The number of rotatable bonds is 4. The number of benzene rings is 1. The first-order chi connectivity index (χ1) is 14.1. The normalized spacial score (nSPS) is 16.4. The molecule has 2 aromatic heterocycles. The first-order valence-electron chi connectivity index (χ1n) is 9.54. The standard InChI is InChI=1S/C21H19F3N4O2/c1-3-20(30,13-4-7-16(21(22,23)24)12(10-13)11-25)18-15-8-9-28(14-5-6-14)19(29)17(15)26-27(18)2/h4,7-10,14,30H,3,5-6H2,1-2H3/t20-/m0/s1. The number of aromatic nitrogens is 3. The van der Waals surface area contributed by atoms with Crippen molar-refractivity contribution in [3.05, 3.63) is 63.2 Å². The number of alkyl halides is 3. The molecule has 1 fully saturated rings. The summed E-state index contributed by atoms with van der Waals surface area (Å²) in [6, 6.07) is 6.44. The highest BCUT2D eigenvalue weighted by Gasteiger charge is 2.39. The largest absolute Gasteiger partial charge is 0.417 e. The van der Waals surface area contributed by atoms with Crippen molar-refractivity contribution in [3.8, 4) is 6.07 Å². The van der Waals surface area contributed by atoms with E-state index in [9.17, 15) is 28.3 Å². The van der Waals surface area contributed by atoms with Crippen LogP contribution in [0.25, 0.3) is 10.9 Å². The molecule has 1 aliphatic carbocycles. The number of nitrogens with zero attached hydrogens (tertiary/aromatic N) is 4. The molecule has 0 spiro atoms. The molecule has 0 aliphatic heterocycles. The number of nitriles is 1. The first kappa shape index (κ1) is 20.2. The van der Waals surface area contributed by atoms with Gasteiger partial charge in [-0.05, 0) is 43.0 Å². The third-order valence-corrected chi connectivity index (χ3v) is 5.69. The molecule has 9 heteroatoms. The van der Waals surface area contributed by atoms with Crippen molar-refractivity contribution in [3.63, 3.8) is 0 Å². The monoisotopic (exact) mass is 416 g/mol. The van der Waals surface area contributed by atoms with Gasteiger partial charge in [0.05, 0.1) is 22.9 Å². The van der Waals surface area contributed by atoms with E-state index in [4.69, 9.17) is 0 Å². The van der Waals surface area contributed by atoms with Crippen molar-refractivity contribution in [2.24, 2.45) is 7.05 Å². The molecule has 1 N–H and O–H groups in total. The average molecular weight is 416 g/mol. The van der Waals surface area contributed by atoms with Crippen LogP contribution in [0.3, 0.4) is 0 Å². The lowest BCUT2D eigenvalue weighted by molar-refractivity contribution is -0.137. The average Bonchev–Trinajstić information content (AvgIpc) is 3.48. The second-order valence-electron chi connectivity index (χ2n) is 7.58. The first-order valence-corrected chi connectivity index (χ1v) is 9.54. The molecule has 1 saturated carbocycles. The minimum Gasteiger partial charge on any atom is -0.379 e. The van der Waals surface area contributed by atoms with Crippen LogP contribution >= 0.6 is 0 Å². The molecule has 156 valence electrons. The smallest absolute Gasteiger partial charge is 0.379 e. The zero-order chi connectivity index (χ0) is 21.8. The van der Waals surface area contributed by atoms with E-state index in [1.807, 2.05) is 0 Å². The van der Waals surface area contributed by atoms with Crippen LogP contribution in [0.15, 0.2) is 35.3 Å². The van der Waals surface area contributed by atoms with E-state index in [0.29, 0.717) is 11.1 Å². The molecule has 0 amide bonds. The lowest BCUT2D eigenvalue weighted by Gasteiger charge is -2.29. The van der Waals surface area contributed by atoms with E-state index in [-0.39, 0.29) is 29.1 Å². The SMILES string of the molecule is CC[C@](O)(c1ccc(C(F)(F)F)c(C#N)c1)c1c2ccn(C3CC3)c(=O)c2nn1C. The van der Waals surface area contributed by atoms with Gasteiger partial charge < -0.3 is 9.67 Å². The van der Waals surface area contributed by atoms with E-state index in [1.165, 1.54) is 4.68 Å². The van der Waals surface area contributed by atoms with Crippen LogP contribution in [0.2, 0.25) is 0 Å². The van der Waals surface area contributed by atoms with Gasteiger partial charge in [0.1, 0.15) is 5.60 Å². The summed E-state index contributed by atoms with van der Waals surface area (Å²) in [5.41, 5.74) is -3.02. The number of fused-ring (bicyclic) bond motifs is 1. The Morgan fingerprint density at radius 1 is 1.30 bits per heavy atom. The third kappa shape index (κ3) is 2.99. The van der Waals surface area contributed by atoms with Crippen LogP contribution in [-0.4, -0.2) is 19.5 Å². The van der Waals surface area contributed by atoms with Crippen LogP contribution < -0.4 is 5.56 Å². The van der Waals surface area contributed by atoms with Gasteiger partial charge in [0, 0.05) is 24.7 Å². The van der Waals surface area contributed by atoms with Gasteiger partial charge in [-0.2, -0.15) is 23.5 Å². The van der Waals surface area contributed by atoms with Crippen LogP contribution in [0.5, 0.6) is 0 Å². The van der Waals surface area contributed by atoms with Gasteiger partial charge in [-0.15, -0.1) is 0 Å². The van der Waals surface area contributed by atoms with Crippen molar-refractivity contribution in [1.82, 2.24) is 14.3 Å². The summed E-state index contributed by atoms with van der Waals surface area (Å²) < 4.78 is 42.5. The third-order valence-electron chi connectivity index (χ3n) is 5.69. The molecule has 1 aromatic carbocycles. The van der Waals surface area contributed by atoms with E-state index < -0.39 is 22.9 Å². The van der Waals surface area contributed by atoms with E-state index in [1.54, 1.807) is 36.9 Å². The predicted octanol–water partition coefficient (Wildman–Crippen LogP) is 3.61. The quantitative estimate of drug-likeness (QED) is 0.704. The van der Waals surface area contributed by atoms with Crippen LogP contribution in [0, 0.1) is 11.3 Å². The summed E-state index contributed by atoms with van der Waals surface area (Å²) in [4.78, 5) is 12.8. The van der Waals surface area contributed by atoms with Gasteiger partial charge in [-0.1, -0.05) is 13.0 Å². The second-order valence-corrected chi connectivity index (χ2v) is 7.58. The van der Waals surface area contributed by atoms with Crippen molar-refractivity contribution in [1.29, 1.82) is 5.26 Å². The highest BCUT2D eigenvalue weighted by molar-refractivity contribution is 5.82. The highest BCUT2D eigenvalue weighted by Crippen LogP contribution is 2.40. The Labute approximate surface area is 169 Å². The Morgan fingerprint density at radius 2 is 2.00 bits per heavy atom. The minimum atomic E-state index is -4.68. The summed E-state index contributed by atoms with van der Waals surface area (Å²) in [5, 5.41) is 25.5. The molecule has 4 rings (SSSR count). The summed E-state index contributed by atoms with van der Waals surface area (Å²) in [6.45, 7) is 1.67. The Kier molecular flexibility index (Phi) is 4.51. The molecule has 0 bridgehead atoms. The molecule has 2 heterocycles. The summed E-state index contributed by atoms with van der Waals surface area (Å²) >= 11 is 0. The molecular weight excluding hydrogens is 397 g/mol. The summed E-state index contributed by atoms with van der Waals surface area (Å²) in [5.74, 6) is 0. The molecule has 1 atom stereocenters. The number of hydrogen-bond donors (Lipinski definition) is 1. The van der Waals surface area contributed by atoms with Gasteiger partial charge in [0.15, 0.2) is 5.52 Å². The number of pyridine rings is 1. The maximum atomic E-state index is 13.2. The molecule has 0 radical (unpaired) electrons. The van der Waals surface area contributed by atoms with Gasteiger partial charge in [0.25, 0.3) is 5.56 Å². The Morgan fingerprint density at radius 3 is 2.57 bits per heavy atom. The number of hydrogen-bond acceptors (Lipinski definition) is 4. The Hall–Kier alpha value is -3.12. The lowest BCUT2D eigenvalue weighted by atomic mass is 9.84. The lowest BCUT2D eigenvalue weighted by Crippen LogP contribution is -2.30. The molecule has 0 unspecified atom stereocenters. The van der Waals surface area contributed by atoms with Gasteiger partial charge >= 0.3 is 6.18 Å². The van der Waals surface area contributed by atoms with Gasteiger partial charge in [0.2, 0.25) is 0 Å². The molecule has 3 aromatic rings. The van der Waals surface area contributed by atoms with Crippen molar-refractivity contribution >= 4 is 10.9 Å². The number of halogens is 3. The Balaban J connectivity index is 1.93. The van der Waals surface area contributed by atoms with Crippen molar-refractivity contribution in [2.45, 2.75) is 44.0 Å².